The molecule has 3 aliphatic rings. The van der Waals surface area contributed by atoms with Gasteiger partial charge in [0.05, 0.1) is 24.7 Å². The Bertz CT molecular complexity index is 948. The third kappa shape index (κ3) is 6.32. The zero-order chi connectivity index (χ0) is 26.0. The topological polar surface area (TPSA) is 172 Å². The minimum absolute atomic E-state index is 0.109. The lowest BCUT2D eigenvalue weighted by atomic mass is 9.95. The van der Waals surface area contributed by atoms with Crippen molar-refractivity contribution in [3.8, 4) is 0 Å². The Morgan fingerprint density at radius 3 is 2.40 bits per heavy atom. The number of fused-ring (bicyclic) bond motifs is 2. The third-order valence-electron chi connectivity index (χ3n) is 6.30. The van der Waals surface area contributed by atoms with Crippen LogP contribution in [0.15, 0.2) is 0 Å². The van der Waals surface area contributed by atoms with Crippen LogP contribution in [0.1, 0.15) is 46.5 Å². The molecule has 2 atom stereocenters. The van der Waals surface area contributed by atoms with E-state index >= 15 is 0 Å². The van der Waals surface area contributed by atoms with Crippen LogP contribution in [0, 0.1) is 5.41 Å². The monoisotopic (exact) mass is 520 g/mol. The molecule has 0 aromatic rings. The number of esters is 1. The van der Waals surface area contributed by atoms with Crippen molar-refractivity contribution in [2.75, 3.05) is 32.8 Å². The van der Waals surface area contributed by atoms with Crippen molar-refractivity contribution < 1.29 is 45.9 Å². The number of piperidine rings is 2. The normalized spacial score (nSPS) is 23.4. The number of nitrogens with zero attached hydrogens (tertiary/aromatic N) is 3. The highest BCUT2D eigenvalue weighted by molar-refractivity contribution is 7.81. The van der Waals surface area contributed by atoms with Gasteiger partial charge < -0.3 is 25.0 Å². The largest absolute Gasteiger partial charge is 0.466 e. The fourth-order valence-electron chi connectivity index (χ4n) is 4.24. The number of carbonyl (C=O) groups is 4. The predicted molar refractivity (Wildman–Crippen MR) is 118 cm³/mol. The summed E-state index contributed by atoms with van der Waals surface area (Å²) in [4.78, 5) is 51.2. The van der Waals surface area contributed by atoms with E-state index in [-0.39, 0.29) is 25.1 Å². The molecule has 0 unspecified atom stereocenters. The number of nitrogens with one attached hydrogen (secondary N) is 1. The maximum Gasteiger partial charge on any atom is 0.421 e. The van der Waals surface area contributed by atoms with Gasteiger partial charge in [-0.3, -0.25) is 9.59 Å². The van der Waals surface area contributed by atoms with Gasteiger partial charge in [0.15, 0.2) is 0 Å². The molecular formula is C20H32N4O10S. The summed E-state index contributed by atoms with van der Waals surface area (Å²) in [6.45, 7) is 4.83. The summed E-state index contributed by atoms with van der Waals surface area (Å²) in [6, 6.07) is -2.36. The number of carboxylic acid groups (broad SMARTS) is 1. The van der Waals surface area contributed by atoms with E-state index in [2.05, 4.69) is 5.32 Å². The molecule has 3 aliphatic heterocycles. The number of hydroxylamine groups is 2. The molecule has 3 heterocycles. The van der Waals surface area contributed by atoms with Gasteiger partial charge in [0.1, 0.15) is 6.04 Å². The standard InChI is InChI=1S/C20H32N4O10S/c1-4-32-17(26)20(2,3)12-33-35(30,31)34-24-14-5-6-15(23(11-14)18(24)27)16(25)21-13-7-9-22(10-8-13)19(28)29/h13-15H,4-12H2,1-3H3,(H,21,25)(H,28,29)/t14-,15+/m1/s1. The van der Waals surface area contributed by atoms with E-state index in [4.69, 9.17) is 18.3 Å². The summed E-state index contributed by atoms with van der Waals surface area (Å²) in [5.74, 6) is -1.01. The van der Waals surface area contributed by atoms with Crippen molar-refractivity contribution in [3.63, 3.8) is 0 Å². The molecule has 0 radical (unpaired) electrons. The molecule has 2 bridgehead atoms. The maximum absolute atomic E-state index is 12.9. The number of likely N-dealkylation sites (tertiary alicyclic amines) is 1. The van der Waals surface area contributed by atoms with Gasteiger partial charge in [-0.25, -0.2) is 13.8 Å². The molecule has 198 valence electrons. The van der Waals surface area contributed by atoms with Crippen molar-refractivity contribution in [2.45, 2.75) is 64.6 Å². The highest BCUT2D eigenvalue weighted by atomic mass is 32.3. The lowest BCUT2D eigenvalue weighted by Gasteiger charge is -2.34. The van der Waals surface area contributed by atoms with Crippen LogP contribution >= 0.6 is 0 Å². The molecule has 3 fully saturated rings. The van der Waals surface area contributed by atoms with Crippen molar-refractivity contribution in [2.24, 2.45) is 5.41 Å². The van der Waals surface area contributed by atoms with Crippen LogP contribution < -0.4 is 5.32 Å². The zero-order valence-corrected chi connectivity index (χ0v) is 20.8. The number of amides is 4. The van der Waals surface area contributed by atoms with E-state index < -0.39 is 52.6 Å². The fraction of sp³-hybridized carbons (Fsp3) is 0.800. The molecule has 35 heavy (non-hydrogen) atoms. The zero-order valence-electron chi connectivity index (χ0n) is 20.0. The highest BCUT2D eigenvalue weighted by Crippen LogP contribution is 2.31. The Hall–Kier alpha value is -2.65. The predicted octanol–water partition coefficient (Wildman–Crippen LogP) is 0.296. The Morgan fingerprint density at radius 2 is 1.80 bits per heavy atom. The molecule has 3 saturated heterocycles. The molecule has 0 aromatic carbocycles. The first-order valence-electron chi connectivity index (χ1n) is 11.5. The smallest absolute Gasteiger partial charge is 0.421 e. The summed E-state index contributed by atoms with van der Waals surface area (Å²) in [5.41, 5.74) is -1.26. The molecule has 2 N–H and O–H groups in total. The molecule has 3 rings (SSSR count). The lowest BCUT2D eigenvalue weighted by molar-refractivity contribution is -0.155. The van der Waals surface area contributed by atoms with Crippen molar-refractivity contribution in [1.82, 2.24) is 20.2 Å². The van der Waals surface area contributed by atoms with E-state index in [1.54, 1.807) is 6.92 Å². The quantitative estimate of drug-likeness (QED) is 0.403. The van der Waals surface area contributed by atoms with E-state index in [0.717, 1.165) is 0 Å². The number of hydrogen-bond donors (Lipinski definition) is 2. The van der Waals surface area contributed by atoms with Gasteiger partial charge in [0.25, 0.3) is 0 Å². The van der Waals surface area contributed by atoms with E-state index in [9.17, 15) is 27.6 Å². The van der Waals surface area contributed by atoms with Crippen molar-refractivity contribution >= 4 is 34.4 Å². The minimum Gasteiger partial charge on any atom is -0.466 e. The second kappa shape index (κ2) is 10.5. The Kier molecular flexibility index (Phi) is 8.11. The number of carbonyl (C=O) groups excluding carboxylic acids is 3. The maximum atomic E-state index is 12.9. The summed E-state index contributed by atoms with van der Waals surface area (Å²) in [5, 5.41) is 12.6. The lowest BCUT2D eigenvalue weighted by Crippen LogP contribution is -2.54. The first kappa shape index (κ1) is 26.9. The number of urea groups is 1. The summed E-state index contributed by atoms with van der Waals surface area (Å²) < 4.78 is 39.4. The van der Waals surface area contributed by atoms with E-state index in [1.165, 1.54) is 23.6 Å². The van der Waals surface area contributed by atoms with Crippen LogP contribution in [-0.2, 0) is 33.2 Å². The second-order valence-electron chi connectivity index (χ2n) is 9.41. The van der Waals surface area contributed by atoms with Crippen LogP contribution in [0.5, 0.6) is 0 Å². The van der Waals surface area contributed by atoms with Crippen LogP contribution in [0.3, 0.4) is 0 Å². The minimum atomic E-state index is -4.67. The highest BCUT2D eigenvalue weighted by Gasteiger charge is 2.50. The second-order valence-corrected chi connectivity index (χ2v) is 10.6. The van der Waals surface area contributed by atoms with Gasteiger partial charge in [-0.05, 0) is 46.5 Å². The van der Waals surface area contributed by atoms with Crippen LogP contribution in [0.4, 0.5) is 9.59 Å². The van der Waals surface area contributed by atoms with Crippen molar-refractivity contribution in [1.29, 1.82) is 0 Å². The summed E-state index contributed by atoms with van der Waals surface area (Å²) in [6.07, 6.45) is 0.580. The number of hydrogen-bond acceptors (Lipinski definition) is 9. The van der Waals surface area contributed by atoms with Crippen LogP contribution in [0.2, 0.25) is 0 Å². The van der Waals surface area contributed by atoms with Crippen LogP contribution in [0.25, 0.3) is 0 Å². The first-order chi connectivity index (χ1) is 16.3. The van der Waals surface area contributed by atoms with Gasteiger partial charge >= 0.3 is 28.5 Å². The van der Waals surface area contributed by atoms with Gasteiger partial charge in [-0.1, -0.05) is 0 Å². The molecule has 0 aliphatic carbocycles. The Morgan fingerprint density at radius 1 is 1.14 bits per heavy atom. The molecule has 4 amide bonds. The molecule has 0 spiro atoms. The average molecular weight is 521 g/mol. The van der Waals surface area contributed by atoms with Gasteiger partial charge in [-0.2, -0.15) is 13.5 Å². The van der Waals surface area contributed by atoms with E-state index in [1.807, 2.05) is 0 Å². The SMILES string of the molecule is CCOC(=O)C(C)(C)COS(=O)(=O)ON1C(=O)N2C[C@H]1CC[C@H]2C(=O)NC1CCN(C(=O)O)CC1. The fourth-order valence-corrected chi connectivity index (χ4v) is 5.10. The Labute approximate surface area is 203 Å². The average Bonchev–Trinajstić information content (AvgIpc) is 3.02. The number of ether oxygens (including phenoxy) is 1. The third-order valence-corrected chi connectivity index (χ3v) is 7.05. The van der Waals surface area contributed by atoms with Gasteiger partial charge in [0, 0.05) is 25.7 Å². The number of rotatable bonds is 9. The first-order valence-corrected chi connectivity index (χ1v) is 12.8. The molecule has 0 aromatic heterocycles. The summed E-state index contributed by atoms with van der Waals surface area (Å²) >= 11 is 0. The van der Waals surface area contributed by atoms with Crippen LogP contribution in [-0.4, -0.2) is 103 Å². The molecule has 0 saturated carbocycles. The Balaban J connectivity index is 1.55. The molecular weight excluding hydrogens is 488 g/mol. The van der Waals surface area contributed by atoms with E-state index in [0.29, 0.717) is 43.8 Å². The van der Waals surface area contributed by atoms with Gasteiger partial charge in [-0.15, -0.1) is 4.28 Å². The van der Waals surface area contributed by atoms with Crippen molar-refractivity contribution in [3.05, 3.63) is 0 Å². The summed E-state index contributed by atoms with van der Waals surface area (Å²) in [7, 11) is -4.67. The van der Waals surface area contributed by atoms with Gasteiger partial charge in [0.2, 0.25) is 5.91 Å². The molecule has 14 nitrogen and oxygen atoms in total. The molecule has 15 heteroatoms.